The van der Waals surface area contributed by atoms with Crippen LogP contribution in [-0.4, -0.2) is 0 Å². The molecule has 2 aliphatic rings. The molecule has 2 saturated carbocycles. The van der Waals surface area contributed by atoms with Crippen molar-refractivity contribution in [1.29, 1.82) is 0 Å². The first-order valence-electron chi connectivity index (χ1n) is 8.99. The fourth-order valence-electron chi connectivity index (χ4n) is 4.88. The van der Waals surface area contributed by atoms with Crippen LogP contribution in [-0.2, 0) is 0 Å². The van der Waals surface area contributed by atoms with E-state index in [-0.39, 0.29) is 0 Å². The lowest BCUT2D eigenvalue weighted by Gasteiger charge is -2.45. The fourth-order valence-corrected chi connectivity index (χ4v) is 4.88. The van der Waals surface area contributed by atoms with Crippen LogP contribution in [0.25, 0.3) is 0 Å². The van der Waals surface area contributed by atoms with Crippen molar-refractivity contribution in [3.8, 4) is 0 Å². The summed E-state index contributed by atoms with van der Waals surface area (Å²) in [6.45, 7) is 9.56. The van der Waals surface area contributed by atoms with Gasteiger partial charge in [0.1, 0.15) is 0 Å². The lowest BCUT2D eigenvalue weighted by Crippen LogP contribution is -2.32. The molecule has 2 aliphatic carbocycles. The van der Waals surface area contributed by atoms with E-state index < -0.39 is 0 Å². The van der Waals surface area contributed by atoms with Crippen LogP contribution in [0.3, 0.4) is 0 Å². The van der Waals surface area contributed by atoms with Crippen LogP contribution in [0.5, 0.6) is 0 Å². The second kappa shape index (κ2) is 6.64. The highest BCUT2D eigenvalue weighted by atomic mass is 14.4. The highest BCUT2D eigenvalue weighted by Crippen LogP contribution is 2.51. The summed E-state index contributed by atoms with van der Waals surface area (Å²) in [5.74, 6) is 3.92. The quantitative estimate of drug-likeness (QED) is 0.547. The average Bonchev–Trinajstić information content (AvgIpc) is 2.34. The zero-order valence-electron chi connectivity index (χ0n) is 13.9. The van der Waals surface area contributed by atoms with Gasteiger partial charge >= 0.3 is 0 Å². The van der Waals surface area contributed by atoms with Crippen molar-refractivity contribution < 1.29 is 0 Å². The van der Waals surface area contributed by atoms with Gasteiger partial charge in [0.25, 0.3) is 0 Å². The topological polar surface area (TPSA) is 0 Å². The molecule has 0 aliphatic heterocycles. The summed E-state index contributed by atoms with van der Waals surface area (Å²) in [6, 6.07) is 0. The van der Waals surface area contributed by atoms with E-state index in [2.05, 4.69) is 27.7 Å². The summed E-state index contributed by atoms with van der Waals surface area (Å²) in [6.07, 6.45) is 15.3. The molecule has 1 spiro atoms. The van der Waals surface area contributed by atoms with Crippen molar-refractivity contribution in [1.82, 2.24) is 0 Å². The normalized spacial score (nSPS) is 36.3. The molecule has 0 heterocycles. The highest BCUT2D eigenvalue weighted by Gasteiger charge is 2.38. The molecule has 112 valence electrons. The molecule has 0 nitrogen and oxygen atoms in total. The smallest absolute Gasteiger partial charge is 0.0297 e. The summed E-state index contributed by atoms with van der Waals surface area (Å²) >= 11 is 0. The second-order valence-electron chi connectivity index (χ2n) is 8.65. The van der Waals surface area contributed by atoms with Gasteiger partial charge in [-0.15, -0.1) is 0 Å². The van der Waals surface area contributed by atoms with Crippen LogP contribution in [0.15, 0.2) is 0 Å². The van der Waals surface area contributed by atoms with Crippen LogP contribution >= 0.6 is 0 Å². The van der Waals surface area contributed by atoms with E-state index >= 15 is 0 Å². The first kappa shape index (κ1) is 15.4. The van der Waals surface area contributed by atoms with Gasteiger partial charge < -0.3 is 0 Å². The summed E-state index contributed by atoms with van der Waals surface area (Å²) < 4.78 is 0. The Kier molecular flexibility index (Phi) is 5.37. The van der Waals surface area contributed by atoms with Gasteiger partial charge in [-0.3, -0.25) is 0 Å². The van der Waals surface area contributed by atoms with Gasteiger partial charge in [0.2, 0.25) is 0 Å². The third-order valence-corrected chi connectivity index (χ3v) is 5.94. The third kappa shape index (κ3) is 4.50. The Morgan fingerprint density at radius 3 is 1.26 bits per heavy atom. The van der Waals surface area contributed by atoms with E-state index in [1.807, 2.05) is 0 Å². The van der Waals surface area contributed by atoms with Crippen molar-refractivity contribution in [3.63, 3.8) is 0 Å². The van der Waals surface area contributed by atoms with Crippen LogP contribution in [0.4, 0.5) is 0 Å². The van der Waals surface area contributed by atoms with Crippen LogP contribution in [0.1, 0.15) is 91.9 Å². The molecule has 2 fully saturated rings. The summed E-state index contributed by atoms with van der Waals surface area (Å²) in [7, 11) is 0. The molecule has 0 aromatic carbocycles. The van der Waals surface area contributed by atoms with Crippen molar-refractivity contribution in [2.75, 3.05) is 0 Å². The van der Waals surface area contributed by atoms with Gasteiger partial charge in [0.15, 0.2) is 0 Å². The molecular weight excluding hydrogens is 228 g/mol. The molecular formula is C19H36. The molecule has 0 amide bonds. The number of hydrogen-bond acceptors (Lipinski definition) is 0. The molecule has 0 heteroatoms. The van der Waals surface area contributed by atoms with Gasteiger partial charge in [-0.1, -0.05) is 27.7 Å². The molecule has 19 heavy (non-hydrogen) atoms. The maximum absolute atomic E-state index is 2.39. The Labute approximate surface area is 121 Å². The second-order valence-corrected chi connectivity index (χ2v) is 8.65. The molecule has 0 atom stereocenters. The first-order chi connectivity index (χ1) is 8.99. The van der Waals surface area contributed by atoms with Crippen molar-refractivity contribution in [2.24, 2.45) is 29.1 Å². The van der Waals surface area contributed by atoms with Crippen LogP contribution in [0.2, 0.25) is 0 Å². The molecule has 2 rings (SSSR count). The Morgan fingerprint density at radius 2 is 1.00 bits per heavy atom. The van der Waals surface area contributed by atoms with E-state index in [1.54, 1.807) is 25.7 Å². The molecule has 0 N–H and O–H groups in total. The van der Waals surface area contributed by atoms with Gasteiger partial charge in [0.05, 0.1) is 0 Å². The number of hydrogen-bond donors (Lipinski definition) is 0. The standard InChI is InChI=1S/C19H36/c1-15(2)13-17-5-9-19(10-6-17)11-7-18(8-12-19)14-16(3)4/h15-18H,5-14H2,1-4H3. The first-order valence-corrected chi connectivity index (χ1v) is 8.99. The van der Waals surface area contributed by atoms with Gasteiger partial charge in [-0.25, -0.2) is 0 Å². The van der Waals surface area contributed by atoms with Crippen molar-refractivity contribution >= 4 is 0 Å². The largest absolute Gasteiger partial charge is 0.0628 e. The maximum Gasteiger partial charge on any atom is -0.0297 e. The van der Waals surface area contributed by atoms with E-state index in [0.29, 0.717) is 0 Å². The Balaban J connectivity index is 1.75. The van der Waals surface area contributed by atoms with Crippen LogP contribution < -0.4 is 0 Å². The Hall–Kier alpha value is 0. The fraction of sp³-hybridized carbons (Fsp3) is 1.00. The molecule has 0 saturated heterocycles. The summed E-state index contributed by atoms with van der Waals surface area (Å²) in [5, 5.41) is 0. The molecule has 0 radical (unpaired) electrons. The minimum Gasteiger partial charge on any atom is -0.0628 e. The lowest BCUT2D eigenvalue weighted by molar-refractivity contribution is 0.0659. The third-order valence-electron chi connectivity index (χ3n) is 5.94. The molecule has 0 aromatic heterocycles. The van der Waals surface area contributed by atoms with Gasteiger partial charge in [0, 0.05) is 0 Å². The summed E-state index contributed by atoms with van der Waals surface area (Å²) in [5.41, 5.74) is 0.793. The van der Waals surface area contributed by atoms with Crippen molar-refractivity contribution in [3.05, 3.63) is 0 Å². The van der Waals surface area contributed by atoms with E-state index in [1.165, 1.54) is 38.5 Å². The zero-order valence-corrected chi connectivity index (χ0v) is 13.9. The highest BCUT2D eigenvalue weighted by molar-refractivity contribution is 4.90. The maximum atomic E-state index is 2.39. The Bertz CT molecular complexity index is 216. The lowest BCUT2D eigenvalue weighted by atomic mass is 9.60. The molecule has 0 aromatic rings. The zero-order chi connectivity index (χ0) is 13.9. The van der Waals surface area contributed by atoms with Crippen LogP contribution in [0, 0.1) is 29.1 Å². The molecule has 0 unspecified atom stereocenters. The predicted octanol–water partition coefficient (Wildman–Crippen LogP) is 6.45. The SMILES string of the molecule is CC(C)CC1CCC2(CC1)CCC(CC(C)C)CC2. The molecule has 0 bridgehead atoms. The average molecular weight is 264 g/mol. The summed E-state index contributed by atoms with van der Waals surface area (Å²) in [4.78, 5) is 0. The monoisotopic (exact) mass is 264 g/mol. The van der Waals surface area contributed by atoms with Gasteiger partial charge in [-0.05, 0) is 93.3 Å². The number of rotatable bonds is 4. The van der Waals surface area contributed by atoms with E-state index in [9.17, 15) is 0 Å². The minimum atomic E-state index is 0.793. The van der Waals surface area contributed by atoms with E-state index in [4.69, 9.17) is 0 Å². The Morgan fingerprint density at radius 1 is 0.684 bits per heavy atom. The van der Waals surface area contributed by atoms with Gasteiger partial charge in [-0.2, -0.15) is 0 Å². The predicted molar refractivity (Wildman–Crippen MR) is 85.3 cm³/mol. The van der Waals surface area contributed by atoms with E-state index in [0.717, 1.165) is 29.1 Å². The minimum absolute atomic E-state index is 0.793. The van der Waals surface area contributed by atoms with Crippen molar-refractivity contribution in [2.45, 2.75) is 91.9 Å².